The molecule has 3 rings (SSSR count). The molecule has 0 unspecified atom stereocenters. The van der Waals surface area contributed by atoms with Crippen molar-refractivity contribution in [1.82, 2.24) is 5.32 Å². The van der Waals surface area contributed by atoms with Crippen LogP contribution in [0.4, 0.5) is 19.3 Å². The fourth-order valence-electron chi connectivity index (χ4n) is 3.23. The summed E-state index contributed by atoms with van der Waals surface area (Å²) in [4.78, 5) is 16.4. The number of carbonyl (C=O) groups excluding carboxylic acids is 1. The standard InChI is InChI=1S/C18H22F2N4OS/c1-23-6-8-24(9-7-23)16(17-3-2-10-26-17)12-21-18(25)22-15-5-4-13(19)11-14(15)20/h2-5,10-11,16H,6-9,12H2,1H3,(H2,21,22,25)/p+2/t16-/m1/s1. The third-order valence-electron chi connectivity index (χ3n) is 4.77. The van der Waals surface area contributed by atoms with Gasteiger partial charge in [0.25, 0.3) is 0 Å². The van der Waals surface area contributed by atoms with E-state index in [2.05, 4.69) is 23.7 Å². The molecular weight excluding hydrogens is 358 g/mol. The first-order valence-electron chi connectivity index (χ1n) is 8.72. The van der Waals surface area contributed by atoms with E-state index in [0.717, 1.165) is 38.3 Å². The Morgan fingerprint density at radius 2 is 2.00 bits per heavy atom. The van der Waals surface area contributed by atoms with E-state index in [0.29, 0.717) is 6.54 Å². The summed E-state index contributed by atoms with van der Waals surface area (Å²) in [6.45, 7) is 4.76. The van der Waals surface area contributed by atoms with Crippen LogP contribution in [0.25, 0.3) is 0 Å². The normalized spacial score (nSPS) is 21.2. The first-order chi connectivity index (χ1) is 12.5. The van der Waals surface area contributed by atoms with Crippen molar-refractivity contribution in [2.45, 2.75) is 6.04 Å². The summed E-state index contributed by atoms with van der Waals surface area (Å²) in [6.07, 6.45) is 0. The molecule has 0 bridgehead atoms. The molecule has 140 valence electrons. The zero-order chi connectivity index (χ0) is 18.5. The highest BCUT2D eigenvalue weighted by atomic mass is 32.1. The van der Waals surface area contributed by atoms with E-state index in [4.69, 9.17) is 0 Å². The molecule has 1 aliphatic rings. The average molecular weight is 382 g/mol. The summed E-state index contributed by atoms with van der Waals surface area (Å²) < 4.78 is 26.6. The van der Waals surface area contributed by atoms with Gasteiger partial charge in [0.2, 0.25) is 0 Å². The van der Waals surface area contributed by atoms with Gasteiger partial charge in [0.05, 0.1) is 24.2 Å². The summed E-state index contributed by atoms with van der Waals surface area (Å²) in [6, 6.07) is 6.87. The van der Waals surface area contributed by atoms with Crippen molar-refractivity contribution in [3.8, 4) is 0 Å². The number of hydrogen-bond acceptors (Lipinski definition) is 2. The number of benzene rings is 1. The number of halogens is 2. The van der Waals surface area contributed by atoms with E-state index in [-0.39, 0.29) is 11.7 Å². The first kappa shape index (κ1) is 18.8. The Bertz CT molecular complexity index is 733. The van der Waals surface area contributed by atoms with E-state index >= 15 is 0 Å². The minimum Gasteiger partial charge on any atom is -0.331 e. The van der Waals surface area contributed by atoms with Crippen LogP contribution in [-0.4, -0.2) is 45.8 Å². The van der Waals surface area contributed by atoms with E-state index in [1.54, 1.807) is 11.3 Å². The molecule has 1 fully saturated rings. The molecule has 2 heterocycles. The number of carbonyl (C=O) groups is 1. The highest BCUT2D eigenvalue weighted by Crippen LogP contribution is 2.17. The van der Waals surface area contributed by atoms with E-state index in [1.807, 2.05) is 11.4 Å². The average Bonchev–Trinajstić information content (AvgIpc) is 3.13. The molecule has 1 aliphatic heterocycles. The number of amides is 2. The van der Waals surface area contributed by atoms with Crippen molar-refractivity contribution >= 4 is 23.1 Å². The van der Waals surface area contributed by atoms with Crippen molar-refractivity contribution in [3.63, 3.8) is 0 Å². The van der Waals surface area contributed by atoms with Crippen LogP contribution in [0.1, 0.15) is 10.9 Å². The van der Waals surface area contributed by atoms with Gasteiger partial charge in [-0.25, -0.2) is 13.6 Å². The van der Waals surface area contributed by atoms with Gasteiger partial charge in [-0.3, -0.25) is 0 Å². The molecule has 5 nitrogen and oxygen atoms in total. The molecule has 0 saturated carbocycles. The lowest BCUT2D eigenvalue weighted by molar-refractivity contribution is -1.02. The van der Waals surface area contributed by atoms with Gasteiger partial charge < -0.3 is 20.4 Å². The summed E-state index contributed by atoms with van der Waals surface area (Å²) in [7, 11) is 2.19. The van der Waals surface area contributed by atoms with Gasteiger partial charge in [-0.1, -0.05) is 6.07 Å². The van der Waals surface area contributed by atoms with Crippen LogP contribution in [0.5, 0.6) is 0 Å². The quantitative estimate of drug-likeness (QED) is 0.591. The SMILES string of the molecule is C[NH+]1CC[NH+]([C@H](CNC(=O)Nc2ccc(F)cc2F)c2cccs2)CC1. The number of urea groups is 1. The van der Waals surface area contributed by atoms with E-state index < -0.39 is 17.7 Å². The van der Waals surface area contributed by atoms with Crippen LogP contribution in [-0.2, 0) is 0 Å². The van der Waals surface area contributed by atoms with Crippen LogP contribution >= 0.6 is 11.3 Å². The van der Waals surface area contributed by atoms with Crippen molar-refractivity contribution < 1.29 is 23.4 Å². The van der Waals surface area contributed by atoms with Gasteiger partial charge in [-0.15, -0.1) is 11.3 Å². The lowest BCUT2D eigenvalue weighted by atomic mass is 10.1. The van der Waals surface area contributed by atoms with Crippen LogP contribution in [0.2, 0.25) is 0 Å². The smallest absolute Gasteiger partial charge is 0.319 e. The zero-order valence-electron chi connectivity index (χ0n) is 14.6. The molecule has 1 saturated heterocycles. The van der Waals surface area contributed by atoms with Crippen molar-refractivity contribution in [1.29, 1.82) is 0 Å². The van der Waals surface area contributed by atoms with Crippen molar-refractivity contribution in [2.24, 2.45) is 0 Å². The van der Waals surface area contributed by atoms with Crippen LogP contribution in [0.3, 0.4) is 0 Å². The zero-order valence-corrected chi connectivity index (χ0v) is 15.5. The van der Waals surface area contributed by atoms with Gasteiger partial charge in [0.15, 0.2) is 0 Å². The van der Waals surface area contributed by atoms with Gasteiger partial charge in [-0.2, -0.15) is 0 Å². The number of hydrogen-bond donors (Lipinski definition) is 4. The second-order valence-corrected chi connectivity index (χ2v) is 7.62. The molecule has 1 atom stereocenters. The third kappa shape index (κ3) is 4.78. The highest BCUT2D eigenvalue weighted by Gasteiger charge is 2.30. The second-order valence-electron chi connectivity index (χ2n) is 6.64. The van der Waals surface area contributed by atoms with Gasteiger partial charge >= 0.3 is 6.03 Å². The third-order valence-corrected chi connectivity index (χ3v) is 5.76. The fraction of sp³-hybridized carbons (Fsp3) is 0.389. The van der Waals surface area contributed by atoms with Crippen molar-refractivity contribution in [3.05, 3.63) is 52.2 Å². The Morgan fingerprint density at radius 3 is 2.65 bits per heavy atom. The lowest BCUT2D eigenvalue weighted by Crippen LogP contribution is -3.27. The number of anilines is 1. The number of piperazine rings is 1. The van der Waals surface area contributed by atoms with Gasteiger partial charge in [-0.05, 0) is 23.6 Å². The Kier molecular flexibility index (Phi) is 6.18. The van der Waals surface area contributed by atoms with Crippen molar-refractivity contribution in [2.75, 3.05) is 45.1 Å². The van der Waals surface area contributed by atoms with E-state index in [9.17, 15) is 13.6 Å². The molecule has 26 heavy (non-hydrogen) atoms. The highest BCUT2D eigenvalue weighted by molar-refractivity contribution is 7.10. The summed E-state index contributed by atoms with van der Waals surface area (Å²) >= 11 is 1.68. The Balaban J connectivity index is 1.61. The maximum Gasteiger partial charge on any atom is 0.319 e. The summed E-state index contributed by atoms with van der Waals surface area (Å²) in [5.41, 5.74) is -0.0351. The molecule has 2 aromatic rings. The van der Waals surface area contributed by atoms with Crippen LogP contribution in [0.15, 0.2) is 35.7 Å². The first-order valence-corrected chi connectivity index (χ1v) is 9.60. The number of nitrogens with one attached hydrogen (secondary N) is 4. The predicted molar refractivity (Wildman–Crippen MR) is 97.8 cm³/mol. The Labute approximate surface area is 155 Å². The maximum atomic E-state index is 13.7. The number of thiophene rings is 1. The number of rotatable bonds is 5. The molecular formula is C18H24F2N4OS+2. The summed E-state index contributed by atoms with van der Waals surface area (Å²) in [5.74, 6) is -1.46. The largest absolute Gasteiger partial charge is 0.331 e. The molecule has 4 N–H and O–H groups in total. The van der Waals surface area contributed by atoms with Crippen LogP contribution < -0.4 is 20.4 Å². The minimum absolute atomic E-state index is 0.0351. The molecule has 0 aliphatic carbocycles. The monoisotopic (exact) mass is 382 g/mol. The van der Waals surface area contributed by atoms with Gasteiger partial charge in [0.1, 0.15) is 43.9 Å². The van der Waals surface area contributed by atoms with E-state index in [1.165, 1.54) is 20.7 Å². The van der Waals surface area contributed by atoms with Crippen LogP contribution in [0, 0.1) is 11.6 Å². The maximum absolute atomic E-state index is 13.7. The summed E-state index contributed by atoms with van der Waals surface area (Å²) in [5, 5.41) is 7.32. The Morgan fingerprint density at radius 1 is 1.23 bits per heavy atom. The fourth-order valence-corrected chi connectivity index (χ4v) is 4.12. The molecule has 0 spiro atoms. The molecule has 1 aromatic heterocycles. The number of quaternary nitrogens is 2. The topological polar surface area (TPSA) is 50.0 Å². The number of likely N-dealkylation sites (N-methyl/N-ethyl adjacent to an activating group) is 1. The molecule has 2 amide bonds. The predicted octanol–water partition coefficient (Wildman–Crippen LogP) is 0.302. The molecule has 8 heteroatoms. The second kappa shape index (κ2) is 8.57. The molecule has 0 radical (unpaired) electrons. The lowest BCUT2D eigenvalue weighted by Gasteiger charge is -2.33. The minimum atomic E-state index is -0.789. The Hall–Kier alpha value is -2.03. The van der Waals surface area contributed by atoms with Gasteiger partial charge in [0, 0.05) is 6.07 Å². The molecule has 1 aromatic carbocycles.